The van der Waals surface area contributed by atoms with Crippen LogP contribution in [0.4, 0.5) is 0 Å². The number of nitrogens with two attached hydrogens (primary N) is 1. The Labute approximate surface area is 115 Å². The predicted octanol–water partition coefficient (Wildman–Crippen LogP) is 3.51. The van der Waals surface area contributed by atoms with Crippen molar-refractivity contribution in [1.82, 2.24) is 0 Å². The van der Waals surface area contributed by atoms with E-state index in [-0.39, 0.29) is 0 Å². The summed E-state index contributed by atoms with van der Waals surface area (Å²) < 4.78 is 12.3. The lowest BCUT2D eigenvalue weighted by Gasteiger charge is -2.03. The highest BCUT2D eigenvalue weighted by molar-refractivity contribution is 9.10. The van der Waals surface area contributed by atoms with E-state index >= 15 is 0 Å². The van der Waals surface area contributed by atoms with Crippen molar-refractivity contribution >= 4 is 15.9 Å². The van der Waals surface area contributed by atoms with Gasteiger partial charge < -0.3 is 14.9 Å². The molecule has 2 aromatic rings. The fraction of sp³-hybridized carbons (Fsp3) is 0.286. The number of hydrogen-bond donors (Lipinski definition) is 1. The third-order valence-electron chi connectivity index (χ3n) is 2.54. The number of hydrogen-bond acceptors (Lipinski definition) is 3. The van der Waals surface area contributed by atoms with Gasteiger partial charge in [-0.25, -0.2) is 0 Å². The zero-order chi connectivity index (χ0) is 12.8. The number of ether oxygens (including phenoxy) is 1. The maximum absolute atomic E-state index is 5.64. The number of rotatable bonds is 6. The summed E-state index contributed by atoms with van der Waals surface area (Å²) in [6, 6.07) is 11.7. The van der Waals surface area contributed by atoms with Gasteiger partial charge in [0, 0.05) is 10.9 Å². The van der Waals surface area contributed by atoms with Crippen LogP contribution in [0.15, 0.2) is 45.3 Å². The molecule has 1 aromatic carbocycles. The Kier molecular flexibility index (Phi) is 4.84. The molecule has 96 valence electrons. The molecule has 18 heavy (non-hydrogen) atoms. The van der Waals surface area contributed by atoms with Crippen molar-refractivity contribution in [1.29, 1.82) is 0 Å². The Bertz CT molecular complexity index is 479. The van der Waals surface area contributed by atoms with E-state index in [1.54, 1.807) is 0 Å². The lowest BCUT2D eigenvalue weighted by Crippen LogP contribution is -1.99. The van der Waals surface area contributed by atoms with Crippen molar-refractivity contribution in [2.75, 3.05) is 6.54 Å². The largest absolute Gasteiger partial charge is 0.486 e. The van der Waals surface area contributed by atoms with Crippen molar-refractivity contribution in [3.63, 3.8) is 0 Å². The van der Waals surface area contributed by atoms with Crippen LogP contribution in [0.2, 0.25) is 0 Å². The number of benzene rings is 1. The highest BCUT2D eigenvalue weighted by Gasteiger charge is 2.03. The first-order valence-electron chi connectivity index (χ1n) is 5.94. The number of halogens is 1. The molecule has 1 aromatic heterocycles. The van der Waals surface area contributed by atoms with E-state index in [1.807, 2.05) is 36.4 Å². The normalized spacial score (nSPS) is 10.6. The third-order valence-corrected chi connectivity index (χ3v) is 3.07. The van der Waals surface area contributed by atoms with Crippen LogP contribution in [-0.2, 0) is 13.0 Å². The van der Waals surface area contributed by atoms with E-state index in [9.17, 15) is 0 Å². The Morgan fingerprint density at radius 1 is 1.06 bits per heavy atom. The highest BCUT2D eigenvalue weighted by atomic mass is 79.9. The highest BCUT2D eigenvalue weighted by Crippen LogP contribution is 2.18. The molecule has 0 saturated heterocycles. The molecule has 0 aliphatic heterocycles. The smallest absolute Gasteiger partial charge is 0.146 e. The summed E-state index contributed by atoms with van der Waals surface area (Å²) in [7, 11) is 0. The minimum absolute atomic E-state index is 0.449. The summed E-state index contributed by atoms with van der Waals surface area (Å²) in [4.78, 5) is 0. The van der Waals surface area contributed by atoms with Crippen molar-refractivity contribution in [2.45, 2.75) is 19.4 Å². The van der Waals surface area contributed by atoms with Gasteiger partial charge in [0.15, 0.2) is 0 Å². The maximum Gasteiger partial charge on any atom is 0.146 e. The summed E-state index contributed by atoms with van der Waals surface area (Å²) in [5, 5.41) is 0. The Morgan fingerprint density at radius 2 is 1.78 bits per heavy atom. The number of aryl methyl sites for hydroxylation is 1. The van der Waals surface area contributed by atoms with Gasteiger partial charge in [0.1, 0.15) is 23.9 Å². The zero-order valence-electron chi connectivity index (χ0n) is 10.1. The van der Waals surface area contributed by atoms with Crippen LogP contribution in [-0.4, -0.2) is 6.54 Å². The molecular weight excluding hydrogens is 294 g/mol. The summed E-state index contributed by atoms with van der Waals surface area (Å²) in [5.41, 5.74) is 5.46. The molecule has 4 heteroatoms. The fourth-order valence-corrected chi connectivity index (χ4v) is 1.86. The van der Waals surface area contributed by atoms with E-state index in [1.165, 1.54) is 0 Å². The van der Waals surface area contributed by atoms with E-state index < -0.39 is 0 Å². The predicted molar refractivity (Wildman–Crippen MR) is 74.6 cm³/mol. The molecule has 0 aliphatic rings. The lowest BCUT2D eigenvalue weighted by atomic mass is 10.2. The Morgan fingerprint density at radius 3 is 2.50 bits per heavy atom. The van der Waals surface area contributed by atoms with Gasteiger partial charge in [-0.3, -0.25) is 0 Å². The molecule has 0 aliphatic carbocycles. The molecule has 1 heterocycles. The standard InChI is InChI=1S/C14H16BrNO2/c15-11-3-5-12(6-4-11)17-10-14-8-7-13(18-14)2-1-9-16/h3-8H,1-2,9-10,16H2. The van der Waals surface area contributed by atoms with E-state index in [2.05, 4.69) is 15.9 Å². The van der Waals surface area contributed by atoms with Crippen molar-refractivity contribution in [3.8, 4) is 5.75 Å². The summed E-state index contributed by atoms with van der Waals surface area (Å²) >= 11 is 3.38. The van der Waals surface area contributed by atoms with Gasteiger partial charge in [-0.15, -0.1) is 0 Å². The van der Waals surface area contributed by atoms with Crippen LogP contribution >= 0.6 is 15.9 Å². The van der Waals surface area contributed by atoms with E-state index in [0.29, 0.717) is 13.2 Å². The molecule has 0 fully saturated rings. The second kappa shape index (κ2) is 6.61. The molecule has 0 atom stereocenters. The van der Waals surface area contributed by atoms with Crippen LogP contribution in [0, 0.1) is 0 Å². The van der Waals surface area contributed by atoms with Gasteiger partial charge in [-0.05, 0) is 49.4 Å². The molecule has 0 unspecified atom stereocenters. The first-order valence-corrected chi connectivity index (χ1v) is 6.73. The molecule has 0 saturated carbocycles. The van der Waals surface area contributed by atoms with Crippen LogP contribution in [0.5, 0.6) is 5.75 Å². The van der Waals surface area contributed by atoms with Gasteiger partial charge in [0.05, 0.1) is 0 Å². The second-order valence-electron chi connectivity index (χ2n) is 4.00. The first kappa shape index (κ1) is 13.2. The molecule has 0 bridgehead atoms. The minimum atomic E-state index is 0.449. The topological polar surface area (TPSA) is 48.4 Å². The molecule has 0 amide bonds. The minimum Gasteiger partial charge on any atom is -0.486 e. The second-order valence-corrected chi connectivity index (χ2v) is 4.92. The molecular formula is C14H16BrNO2. The first-order chi connectivity index (χ1) is 8.78. The van der Waals surface area contributed by atoms with Crippen LogP contribution in [0.3, 0.4) is 0 Å². The van der Waals surface area contributed by atoms with E-state index in [0.717, 1.165) is 34.6 Å². The lowest BCUT2D eigenvalue weighted by molar-refractivity contribution is 0.266. The van der Waals surface area contributed by atoms with Gasteiger partial charge in [-0.2, -0.15) is 0 Å². The van der Waals surface area contributed by atoms with Crippen molar-refractivity contribution in [3.05, 3.63) is 52.4 Å². The Balaban J connectivity index is 1.86. The average molecular weight is 310 g/mol. The van der Waals surface area contributed by atoms with Crippen molar-refractivity contribution in [2.24, 2.45) is 5.73 Å². The molecule has 0 radical (unpaired) electrons. The van der Waals surface area contributed by atoms with Crippen LogP contribution in [0.1, 0.15) is 17.9 Å². The molecule has 2 N–H and O–H groups in total. The Hall–Kier alpha value is -1.26. The molecule has 2 rings (SSSR count). The quantitative estimate of drug-likeness (QED) is 0.888. The van der Waals surface area contributed by atoms with Gasteiger partial charge >= 0.3 is 0 Å². The van der Waals surface area contributed by atoms with Crippen LogP contribution < -0.4 is 10.5 Å². The SMILES string of the molecule is NCCCc1ccc(COc2ccc(Br)cc2)o1. The monoisotopic (exact) mass is 309 g/mol. The maximum atomic E-state index is 5.64. The van der Waals surface area contributed by atoms with Gasteiger partial charge in [0.25, 0.3) is 0 Å². The zero-order valence-corrected chi connectivity index (χ0v) is 11.7. The summed E-state index contributed by atoms with van der Waals surface area (Å²) in [6.07, 6.45) is 1.83. The third kappa shape index (κ3) is 3.89. The molecule has 3 nitrogen and oxygen atoms in total. The van der Waals surface area contributed by atoms with Crippen molar-refractivity contribution < 1.29 is 9.15 Å². The fourth-order valence-electron chi connectivity index (χ4n) is 1.60. The van der Waals surface area contributed by atoms with Crippen LogP contribution in [0.25, 0.3) is 0 Å². The van der Waals surface area contributed by atoms with Gasteiger partial charge in [-0.1, -0.05) is 15.9 Å². The average Bonchev–Trinajstić information content (AvgIpc) is 2.84. The van der Waals surface area contributed by atoms with Gasteiger partial charge in [0.2, 0.25) is 0 Å². The number of furan rings is 1. The summed E-state index contributed by atoms with van der Waals surface area (Å²) in [6.45, 7) is 1.13. The molecule has 0 spiro atoms. The summed E-state index contributed by atoms with van der Waals surface area (Å²) in [5.74, 6) is 2.64. The van der Waals surface area contributed by atoms with E-state index in [4.69, 9.17) is 14.9 Å².